The Labute approximate surface area is 273 Å². The maximum absolute atomic E-state index is 15.7. The molecule has 1 aromatic heterocycles. The van der Waals surface area contributed by atoms with Crippen LogP contribution in [0.25, 0.3) is 0 Å². The van der Waals surface area contributed by atoms with E-state index in [4.69, 9.17) is 32.2 Å². The Bertz CT molecular complexity index is 2060. The van der Waals surface area contributed by atoms with E-state index in [-0.39, 0.29) is 48.8 Å². The Kier molecular flexibility index (Phi) is 9.15. The summed E-state index contributed by atoms with van der Waals surface area (Å²) < 4.78 is 69.8. The number of nitrogens with zero attached hydrogens (tertiary/aromatic N) is 4. The summed E-state index contributed by atoms with van der Waals surface area (Å²) in [6.45, 7) is 0.385. The van der Waals surface area contributed by atoms with Crippen LogP contribution in [-0.2, 0) is 9.84 Å². The number of phenolic OH excluding ortho intramolecular Hbond substituents is 1. The lowest BCUT2D eigenvalue weighted by atomic mass is 10.1. The molecule has 4 aromatic rings. The molecule has 0 bridgehead atoms. The van der Waals surface area contributed by atoms with E-state index in [2.05, 4.69) is 9.98 Å². The fourth-order valence-electron chi connectivity index (χ4n) is 4.66. The van der Waals surface area contributed by atoms with E-state index in [1.54, 1.807) is 18.2 Å². The Morgan fingerprint density at radius 3 is 2.53 bits per heavy atom. The molecule has 3 aromatic carbocycles. The van der Waals surface area contributed by atoms with Gasteiger partial charge < -0.3 is 25.2 Å². The zero-order valence-electron chi connectivity index (χ0n) is 25.0. The number of amidine groups is 1. The second-order valence-electron chi connectivity index (χ2n) is 10.5. The fraction of sp³-hybridized carbons (Fsp3) is 0.161. The van der Waals surface area contributed by atoms with Crippen molar-refractivity contribution in [3.8, 4) is 28.9 Å². The van der Waals surface area contributed by atoms with E-state index in [9.17, 15) is 18.3 Å². The average Bonchev–Trinajstić information content (AvgIpc) is 3.46. The first-order valence-corrected chi connectivity index (χ1v) is 15.5. The van der Waals surface area contributed by atoms with Gasteiger partial charge in [0, 0.05) is 38.0 Å². The van der Waals surface area contributed by atoms with Crippen LogP contribution in [0.4, 0.5) is 8.78 Å². The van der Waals surface area contributed by atoms with Crippen LogP contribution in [0.1, 0.15) is 27.7 Å². The van der Waals surface area contributed by atoms with Crippen LogP contribution in [0.3, 0.4) is 0 Å². The van der Waals surface area contributed by atoms with Gasteiger partial charge >= 0.3 is 0 Å². The third kappa shape index (κ3) is 6.45. The molecule has 1 amide bonds. The quantitative estimate of drug-likeness (QED) is 0.160. The normalized spacial score (nSPS) is 14.6. The number of carbonyl (C=O) groups is 1. The summed E-state index contributed by atoms with van der Waals surface area (Å²) in [6, 6.07) is 11.4. The summed E-state index contributed by atoms with van der Waals surface area (Å²) in [5.74, 6) is -6.17. The maximum Gasteiger partial charge on any atom is 0.260 e. The molecular weight excluding hydrogens is 658 g/mol. The number of benzene rings is 3. The number of halogens is 3. The van der Waals surface area contributed by atoms with Crippen molar-refractivity contribution in [2.24, 2.45) is 10.7 Å². The highest BCUT2D eigenvalue weighted by atomic mass is 35.5. The molecule has 0 aliphatic carbocycles. The molecule has 1 aliphatic heterocycles. The summed E-state index contributed by atoms with van der Waals surface area (Å²) in [7, 11) is 0.235. The predicted octanol–water partition coefficient (Wildman–Crippen LogP) is 5.14. The molecule has 0 saturated heterocycles. The first kappa shape index (κ1) is 33.2. The summed E-state index contributed by atoms with van der Waals surface area (Å²) in [4.78, 5) is 23.3. The maximum atomic E-state index is 15.7. The molecule has 0 fully saturated rings. The number of rotatable bonds is 9. The van der Waals surface area contributed by atoms with Gasteiger partial charge in [-0.15, -0.1) is 0 Å². The molecule has 5 rings (SSSR count). The highest BCUT2D eigenvalue weighted by molar-refractivity contribution is 7.91. The van der Waals surface area contributed by atoms with Crippen LogP contribution < -0.4 is 15.2 Å². The van der Waals surface area contributed by atoms with Gasteiger partial charge in [-0.1, -0.05) is 17.7 Å². The van der Waals surface area contributed by atoms with E-state index in [0.29, 0.717) is 12.7 Å². The van der Waals surface area contributed by atoms with Gasteiger partial charge in [0.2, 0.25) is 21.4 Å². The van der Waals surface area contributed by atoms with Crippen molar-refractivity contribution in [2.45, 2.75) is 16.0 Å². The van der Waals surface area contributed by atoms with Gasteiger partial charge in [-0.3, -0.25) is 20.1 Å². The number of hydrogen-bond donors (Lipinski definition) is 3. The van der Waals surface area contributed by atoms with Gasteiger partial charge in [-0.2, -0.15) is 4.39 Å². The van der Waals surface area contributed by atoms with Crippen molar-refractivity contribution in [1.29, 1.82) is 5.41 Å². The number of nitrogens with one attached hydrogen (secondary N) is 1. The summed E-state index contributed by atoms with van der Waals surface area (Å²) in [5, 5.41) is 17.7. The third-order valence-electron chi connectivity index (χ3n) is 7.08. The molecule has 2 heterocycles. The standard InChI is InChI=1S/C31H27ClF2N6O6S/c1-39(2)31(42)25-19(32)5-4-6-24(25)47(43,44)17-8-10-22(18(14-17)29-37-11-12-40(29)3)45-27-20(33)15-38-30(26(27)34)46-23-13-16(28(35)36)7-9-21(23)41/h4-11,13-15,29,41H,12H2,1-3H3,(H3,35,36). The van der Waals surface area contributed by atoms with Crippen LogP contribution in [0, 0.1) is 17.0 Å². The molecule has 0 radical (unpaired) electrons. The lowest BCUT2D eigenvalue weighted by Gasteiger charge is -2.22. The number of nitrogen functional groups attached to an aromatic ring is 1. The van der Waals surface area contributed by atoms with Crippen molar-refractivity contribution in [3.05, 3.63) is 94.1 Å². The van der Waals surface area contributed by atoms with Crippen molar-refractivity contribution >= 4 is 39.4 Å². The topological polar surface area (TPSA) is 172 Å². The smallest absolute Gasteiger partial charge is 0.260 e. The number of aromatic hydroxyl groups is 1. The second-order valence-corrected chi connectivity index (χ2v) is 12.8. The molecule has 244 valence electrons. The number of nitrogens with two attached hydrogens (primary N) is 1. The van der Waals surface area contributed by atoms with E-state index in [1.165, 1.54) is 67.5 Å². The number of phenols is 1. The molecule has 12 nitrogen and oxygen atoms in total. The van der Waals surface area contributed by atoms with Crippen LogP contribution in [-0.4, -0.2) is 74.0 Å². The van der Waals surface area contributed by atoms with E-state index >= 15 is 8.78 Å². The van der Waals surface area contributed by atoms with Crippen LogP contribution in [0.2, 0.25) is 5.02 Å². The third-order valence-corrected chi connectivity index (χ3v) is 9.19. The van der Waals surface area contributed by atoms with Crippen LogP contribution in [0.5, 0.6) is 28.9 Å². The SMILES string of the molecule is CN(C)C(=O)c1c(Cl)cccc1S(=O)(=O)c1ccc(Oc2c(F)cnc(Oc3cc(C(=N)N)ccc3O)c2F)c(C2N=CCN2C)c1. The van der Waals surface area contributed by atoms with Gasteiger partial charge in [0.15, 0.2) is 17.3 Å². The van der Waals surface area contributed by atoms with E-state index in [0.717, 1.165) is 6.07 Å². The number of pyridine rings is 1. The van der Waals surface area contributed by atoms with Gasteiger partial charge in [-0.25, -0.2) is 17.8 Å². The van der Waals surface area contributed by atoms with Crippen LogP contribution >= 0.6 is 11.6 Å². The summed E-state index contributed by atoms with van der Waals surface area (Å²) >= 11 is 6.28. The zero-order chi connectivity index (χ0) is 34.2. The average molecular weight is 685 g/mol. The number of aliphatic imine (C=N–C) groups is 1. The predicted molar refractivity (Wildman–Crippen MR) is 169 cm³/mol. The monoisotopic (exact) mass is 684 g/mol. The number of aromatic nitrogens is 1. The molecule has 1 aliphatic rings. The zero-order valence-corrected chi connectivity index (χ0v) is 26.6. The van der Waals surface area contributed by atoms with E-state index in [1.807, 2.05) is 0 Å². The van der Waals surface area contributed by atoms with Crippen molar-refractivity contribution < 1.29 is 36.6 Å². The minimum absolute atomic E-state index is 0.0620. The number of hydrogen-bond acceptors (Lipinski definition) is 10. The minimum atomic E-state index is -4.38. The number of amides is 1. The minimum Gasteiger partial charge on any atom is -0.504 e. The van der Waals surface area contributed by atoms with Gasteiger partial charge in [-0.05, 0) is 55.6 Å². The lowest BCUT2D eigenvalue weighted by molar-refractivity contribution is 0.0824. The lowest BCUT2D eigenvalue weighted by Crippen LogP contribution is -2.24. The van der Waals surface area contributed by atoms with Gasteiger partial charge in [0.25, 0.3) is 11.8 Å². The molecule has 4 N–H and O–H groups in total. The van der Waals surface area contributed by atoms with Gasteiger partial charge in [0.1, 0.15) is 17.8 Å². The Balaban J connectivity index is 1.59. The first-order valence-electron chi connectivity index (χ1n) is 13.7. The van der Waals surface area contributed by atoms with Crippen LogP contribution in [0.15, 0.2) is 75.6 Å². The molecule has 0 saturated carbocycles. The Morgan fingerprint density at radius 1 is 1.13 bits per heavy atom. The summed E-state index contributed by atoms with van der Waals surface area (Å²) in [6.07, 6.45) is 1.42. The Morgan fingerprint density at radius 2 is 1.87 bits per heavy atom. The summed E-state index contributed by atoms with van der Waals surface area (Å²) in [5.41, 5.74) is 5.56. The van der Waals surface area contributed by atoms with Crippen molar-refractivity contribution in [3.63, 3.8) is 0 Å². The van der Waals surface area contributed by atoms with Gasteiger partial charge in [0.05, 0.1) is 26.6 Å². The largest absolute Gasteiger partial charge is 0.504 e. The number of ether oxygens (including phenoxy) is 2. The number of carbonyl (C=O) groups excluding carboxylic acids is 1. The molecule has 47 heavy (non-hydrogen) atoms. The molecule has 1 unspecified atom stereocenters. The van der Waals surface area contributed by atoms with E-state index < -0.39 is 50.9 Å². The second kappa shape index (κ2) is 12.9. The number of sulfone groups is 1. The highest BCUT2D eigenvalue weighted by Crippen LogP contribution is 2.41. The van der Waals surface area contributed by atoms with Crippen molar-refractivity contribution in [1.82, 2.24) is 14.8 Å². The Hall–Kier alpha value is -5.12. The molecular formula is C31H27ClF2N6O6S. The van der Waals surface area contributed by atoms with Crippen molar-refractivity contribution in [2.75, 3.05) is 27.7 Å². The molecule has 16 heteroatoms. The highest BCUT2D eigenvalue weighted by Gasteiger charge is 2.31. The molecule has 1 atom stereocenters. The molecule has 0 spiro atoms. The fourth-order valence-corrected chi connectivity index (χ4v) is 6.48. The first-order chi connectivity index (χ1) is 22.2.